The van der Waals surface area contributed by atoms with Crippen LogP contribution in [0, 0.1) is 5.82 Å². The number of Topliss-reactive ketones (excluding diaryl/α,β-unsaturated/α-hetero) is 1. The molecule has 3 aromatic carbocycles. The minimum Gasteiger partial charge on any atom is -0.345 e. The average molecular weight is 684 g/mol. The van der Waals surface area contributed by atoms with Crippen LogP contribution in [0.4, 0.5) is 18.9 Å². The number of likely N-dealkylation sites (tertiary alicyclic amines) is 1. The zero-order chi connectivity index (χ0) is 34.4. The van der Waals surface area contributed by atoms with Crippen LogP contribution in [0.25, 0.3) is 44.2 Å². The second kappa shape index (κ2) is 12.7. The number of benzene rings is 3. The molecule has 6 aromatic rings. The van der Waals surface area contributed by atoms with E-state index in [4.69, 9.17) is 11.6 Å². The van der Waals surface area contributed by atoms with Crippen molar-refractivity contribution in [3.63, 3.8) is 0 Å². The maximum atomic E-state index is 15.9. The number of imidazole rings is 1. The van der Waals surface area contributed by atoms with Crippen molar-refractivity contribution in [1.82, 2.24) is 29.4 Å². The summed E-state index contributed by atoms with van der Waals surface area (Å²) in [5.74, 6) is -2.52. The molecule has 1 fully saturated rings. The molecule has 0 aliphatic carbocycles. The number of carbonyl (C=O) groups is 3. The second-order valence-electron chi connectivity index (χ2n) is 11.6. The van der Waals surface area contributed by atoms with Crippen molar-refractivity contribution in [2.75, 3.05) is 11.9 Å². The van der Waals surface area contributed by atoms with E-state index in [2.05, 4.69) is 25.3 Å². The van der Waals surface area contributed by atoms with Crippen LogP contribution < -0.4 is 5.32 Å². The fourth-order valence-electron chi connectivity index (χ4n) is 6.16. The number of nitrogens with zero attached hydrogens (tertiary/aromatic N) is 5. The van der Waals surface area contributed by atoms with Crippen LogP contribution in [0.5, 0.6) is 0 Å². The number of fused-ring (bicyclic) bond motifs is 2. The maximum Gasteiger partial charge on any atom is 0.271 e. The van der Waals surface area contributed by atoms with Gasteiger partial charge in [-0.05, 0) is 36.8 Å². The molecular formula is C35H25ClF3N7O3. The molecular weight excluding hydrogens is 659 g/mol. The normalized spacial score (nSPS) is 14.5. The molecule has 49 heavy (non-hydrogen) atoms. The predicted octanol–water partition coefficient (Wildman–Crippen LogP) is 7.03. The van der Waals surface area contributed by atoms with Crippen LogP contribution >= 0.6 is 11.6 Å². The Morgan fingerprint density at radius 1 is 1.04 bits per heavy atom. The van der Waals surface area contributed by atoms with E-state index in [1.165, 1.54) is 44.0 Å². The number of halogens is 4. The maximum absolute atomic E-state index is 15.9. The Hall–Kier alpha value is -5.82. The number of amides is 2. The molecule has 0 unspecified atom stereocenters. The molecule has 1 atom stereocenters. The lowest BCUT2D eigenvalue weighted by atomic mass is 10.0. The Kier molecular flexibility index (Phi) is 8.20. The largest absolute Gasteiger partial charge is 0.345 e. The van der Waals surface area contributed by atoms with Crippen LogP contribution in [0.3, 0.4) is 0 Å². The SMILES string of the molecule is CC(=O)c1cn(CC(=O)N2CC(=C(F)F)C[C@H]2C(=O)Nc2cccc(-c3ccc4[nH]cnc4c3Cl)c2F)c2ccc(-c3cncnc3)cc12. The van der Waals surface area contributed by atoms with E-state index in [1.807, 2.05) is 0 Å². The fourth-order valence-corrected chi connectivity index (χ4v) is 6.48. The Morgan fingerprint density at radius 3 is 2.59 bits per heavy atom. The molecule has 4 heterocycles. The van der Waals surface area contributed by atoms with Crippen LogP contribution in [0.15, 0.2) is 91.4 Å². The first-order valence-corrected chi connectivity index (χ1v) is 15.4. The van der Waals surface area contributed by atoms with Gasteiger partial charge in [-0.1, -0.05) is 35.9 Å². The van der Waals surface area contributed by atoms with E-state index in [0.717, 1.165) is 16.0 Å². The first-order valence-electron chi connectivity index (χ1n) is 15.0. The number of H-pyrrole nitrogens is 1. The summed E-state index contributed by atoms with van der Waals surface area (Å²) < 4.78 is 45.1. The van der Waals surface area contributed by atoms with Gasteiger partial charge in [-0.3, -0.25) is 14.4 Å². The minimum absolute atomic E-state index is 0.0890. The lowest BCUT2D eigenvalue weighted by molar-refractivity contribution is -0.137. The molecule has 246 valence electrons. The van der Waals surface area contributed by atoms with Gasteiger partial charge in [0.05, 0.1) is 22.6 Å². The molecule has 0 bridgehead atoms. The minimum atomic E-state index is -1.99. The van der Waals surface area contributed by atoms with Crippen molar-refractivity contribution in [3.8, 4) is 22.3 Å². The average Bonchev–Trinajstić information content (AvgIpc) is 3.84. The first kappa shape index (κ1) is 31.8. The Balaban J connectivity index is 1.17. The molecule has 2 N–H and O–H groups in total. The quantitative estimate of drug-likeness (QED) is 0.174. The van der Waals surface area contributed by atoms with Crippen LogP contribution in [-0.4, -0.2) is 59.6 Å². The Bertz CT molecular complexity index is 2330. The topological polar surface area (TPSA) is 126 Å². The van der Waals surface area contributed by atoms with E-state index < -0.39 is 42.7 Å². The van der Waals surface area contributed by atoms with E-state index >= 15 is 4.39 Å². The molecule has 0 spiro atoms. The van der Waals surface area contributed by atoms with Crippen molar-refractivity contribution in [1.29, 1.82) is 0 Å². The van der Waals surface area contributed by atoms with Gasteiger partial charge in [0.1, 0.15) is 24.4 Å². The van der Waals surface area contributed by atoms with E-state index in [0.29, 0.717) is 33.1 Å². The molecule has 10 nitrogen and oxygen atoms in total. The molecule has 0 radical (unpaired) electrons. The first-order chi connectivity index (χ1) is 23.6. The fraction of sp³-hybridized carbons (Fsp3) is 0.143. The molecule has 7 rings (SSSR count). The van der Waals surface area contributed by atoms with Gasteiger partial charge in [0.2, 0.25) is 11.8 Å². The van der Waals surface area contributed by atoms with Crippen molar-refractivity contribution in [2.24, 2.45) is 0 Å². The van der Waals surface area contributed by atoms with Gasteiger partial charge < -0.3 is 19.8 Å². The van der Waals surface area contributed by atoms with Gasteiger partial charge in [-0.15, -0.1) is 0 Å². The third-order valence-electron chi connectivity index (χ3n) is 8.60. The summed E-state index contributed by atoms with van der Waals surface area (Å²) in [6, 6.07) is 11.6. The summed E-state index contributed by atoms with van der Waals surface area (Å²) in [7, 11) is 0. The van der Waals surface area contributed by atoms with Crippen LogP contribution in [0.2, 0.25) is 5.02 Å². The van der Waals surface area contributed by atoms with Crippen molar-refractivity contribution in [2.45, 2.75) is 25.9 Å². The second-order valence-corrected chi connectivity index (χ2v) is 12.0. The predicted molar refractivity (Wildman–Crippen MR) is 177 cm³/mol. The summed E-state index contributed by atoms with van der Waals surface area (Å²) in [5.41, 5.74) is 3.33. The highest BCUT2D eigenvalue weighted by molar-refractivity contribution is 6.37. The number of carbonyl (C=O) groups excluding carboxylic acids is 3. The third kappa shape index (κ3) is 5.82. The lowest BCUT2D eigenvalue weighted by Crippen LogP contribution is -2.44. The number of anilines is 1. The van der Waals surface area contributed by atoms with Gasteiger partial charge in [-0.25, -0.2) is 19.3 Å². The summed E-state index contributed by atoms with van der Waals surface area (Å²) in [6.07, 6.45) is 5.23. The van der Waals surface area contributed by atoms with E-state index in [-0.39, 0.29) is 34.2 Å². The van der Waals surface area contributed by atoms with Gasteiger partial charge in [0.25, 0.3) is 6.08 Å². The molecule has 14 heteroatoms. The highest BCUT2D eigenvalue weighted by atomic mass is 35.5. The number of aromatic amines is 1. The zero-order valence-electron chi connectivity index (χ0n) is 25.7. The van der Waals surface area contributed by atoms with Crippen molar-refractivity contribution < 1.29 is 27.6 Å². The number of rotatable bonds is 7. The Labute approximate surface area is 281 Å². The van der Waals surface area contributed by atoms with Gasteiger partial charge in [-0.2, -0.15) is 8.78 Å². The molecule has 1 aliphatic heterocycles. The zero-order valence-corrected chi connectivity index (χ0v) is 26.4. The summed E-state index contributed by atoms with van der Waals surface area (Å²) in [4.78, 5) is 56.1. The summed E-state index contributed by atoms with van der Waals surface area (Å²) >= 11 is 6.53. The molecule has 2 amide bonds. The number of hydrogen-bond acceptors (Lipinski definition) is 6. The summed E-state index contributed by atoms with van der Waals surface area (Å²) in [5, 5.41) is 3.28. The number of nitrogens with one attached hydrogen (secondary N) is 2. The highest BCUT2D eigenvalue weighted by Crippen LogP contribution is 2.37. The smallest absolute Gasteiger partial charge is 0.271 e. The van der Waals surface area contributed by atoms with Crippen molar-refractivity contribution in [3.05, 3.63) is 108 Å². The standard InChI is InChI=1S/C35H25ClF3N7O3/c1-18(47)25-14-45(28-8-5-19(9-24(25)28)21-11-40-16-41-12-21)15-30(48)46-13-20(34(38)39)10-29(46)35(49)44-26-4-2-3-23(32(26)37)22-6-7-27-33(31(22)36)43-17-42-27/h2-9,11-12,14,16-17,29H,10,13,15H2,1H3,(H,42,43)(H,44,49)/t29-/m0/s1. The molecule has 1 aliphatic rings. The van der Waals surface area contributed by atoms with E-state index in [1.54, 1.807) is 47.3 Å². The monoisotopic (exact) mass is 683 g/mol. The van der Waals surface area contributed by atoms with Crippen LogP contribution in [0.1, 0.15) is 23.7 Å². The number of hydrogen-bond donors (Lipinski definition) is 2. The van der Waals surface area contributed by atoms with Gasteiger partial charge in [0, 0.05) is 70.3 Å². The summed E-state index contributed by atoms with van der Waals surface area (Å²) in [6.45, 7) is 0.567. The molecule has 1 saturated heterocycles. The number of aromatic nitrogens is 5. The Morgan fingerprint density at radius 2 is 1.84 bits per heavy atom. The lowest BCUT2D eigenvalue weighted by Gasteiger charge is -2.24. The van der Waals surface area contributed by atoms with Crippen LogP contribution in [-0.2, 0) is 16.1 Å². The van der Waals surface area contributed by atoms with Crippen molar-refractivity contribution >= 4 is 56.8 Å². The number of ketones is 1. The molecule has 3 aromatic heterocycles. The molecule has 0 saturated carbocycles. The van der Waals surface area contributed by atoms with E-state index in [9.17, 15) is 23.2 Å². The van der Waals surface area contributed by atoms with Gasteiger partial charge in [0.15, 0.2) is 11.6 Å². The highest BCUT2D eigenvalue weighted by Gasteiger charge is 2.39. The van der Waals surface area contributed by atoms with Gasteiger partial charge >= 0.3 is 0 Å². The third-order valence-corrected chi connectivity index (χ3v) is 8.99.